The third kappa shape index (κ3) is 2.55. The van der Waals surface area contributed by atoms with Gasteiger partial charge in [-0.3, -0.25) is 10.2 Å². The highest BCUT2D eigenvalue weighted by Crippen LogP contribution is 2.25. The number of thiazole rings is 1. The Morgan fingerprint density at radius 1 is 1.30 bits per heavy atom. The summed E-state index contributed by atoms with van der Waals surface area (Å²) >= 11 is 1.56. The molecule has 0 unspecified atom stereocenters. The largest absolute Gasteiger partial charge is 0.497 e. The Kier molecular flexibility index (Phi) is 3.46. The quantitative estimate of drug-likeness (QED) is 0.873. The Morgan fingerprint density at radius 3 is 3.00 bits per heavy atom. The summed E-state index contributed by atoms with van der Waals surface area (Å²) in [4.78, 5) is 16.9. The van der Waals surface area contributed by atoms with E-state index in [9.17, 15) is 4.79 Å². The molecule has 2 aliphatic carbocycles. The van der Waals surface area contributed by atoms with Crippen molar-refractivity contribution < 1.29 is 9.53 Å². The van der Waals surface area contributed by atoms with Crippen LogP contribution in [-0.2, 0) is 6.42 Å². The normalized spacial score (nSPS) is 17.3. The molecule has 2 aromatic rings. The molecular weight excluding hydrogens is 310 g/mol. The van der Waals surface area contributed by atoms with Crippen molar-refractivity contribution in [3.63, 3.8) is 0 Å². The highest BCUT2D eigenvalue weighted by atomic mass is 32.1. The van der Waals surface area contributed by atoms with Gasteiger partial charge in [0.2, 0.25) is 10.9 Å². The molecule has 5 nitrogen and oxygen atoms in total. The number of benzene rings is 1. The number of hydrazone groups is 1. The number of rotatable bonds is 3. The van der Waals surface area contributed by atoms with Crippen LogP contribution < -0.4 is 20.0 Å². The van der Waals surface area contributed by atoms with Crippen LogP contribution in [0.1, 0.15) is 28.8 Å². The highest BCUT2D eigenvalue weighted by molar-refractivity contribution is 7.13. The Bertz CT molecular complexity index is 910. The summed E-state index contributed by atoms with van der Waals surface area (Å²) in [6, 6.07) is 5.49. The van der Waals surface area contributed by atoms with Gasteiger partial charge in [0.1, 0.15) is 11.5 Å². The number of hydrogen-bond donors (Lipinski definition) is 1. The summed E-state index contributed by atoms with van der Waals surface area (Å²) in [5.41, 5.74) is 5.10. The maximum atomic E-state index is 12.4. The number of anilines is 1. The van der Waals surface area contributed by atoms with Crippen LogP contribution in [0.5, 0.6) is 5.75 Å². The van der Waals surface area contributed by atoms with Crippen LogP contribution in [0.25, 0.3) is 12.2 Å². The molecule has 0 aliphatic heterocycles. The molecule has 0 atom stereocenters. The van der Waals surface area contributed by atoms with Crippen LogP contribution in [0.3, 0.4) is 0 Å². The molecule has 2 aliphatic rings. The van der Waals surface area contributed by atoms with E-state index in [0.29, 0.717) is 17.7 Å². The summed E-state index contributed by atoms with van der Waals surface area (Å²) < 4.78 is 6.37. The molecule has 0 amide bonds. The summed E-state index contributed by atoms with van der Waals surface area (Å²) in [7, 11) is 1.62. The van der Waals surface area contributed by atoms with E-state index in [4.69, 9.17) is 4.74 Å². The fourth-order valence-electron chi connectivity index (χ4n) is 2.81. The van der Waals surface area contributed by atoms with Crippen LogP contribution >= 0.6 is 11.3 Å². The average Bonchev–Trinajstić information content (AvgIpc) is 3.13. The van der Waals surface area contributed by atoms with Crippen LogP contribution in [0.15, 0.2) is 23.3 Å². The lowest BCUT2D eigenvalue weighted by atomic mass is 10.1. The molecule has 1 aromatic heterocycles. The van der Waals surface area contributed by atoms with Gasteiger partial charge in [-0.2, -0.15) is 5.10 Å². The lowest BCUT2D eigenvalue weighted by Crippen LogP contribution is -2.22. The maximum absolute atomic E-state index is 12.4. The van der Waals surface area contributed by atoms with Gasteiger partial charge in [-0.1, -0.05) is 23.5 Å². The van der Waals surface area contributed by atoms with Crippen molar-refractivity contribution in [1.82, 2.24) is 4.98 Å². The first-order valence-corrected chi connectivity index (χ1v) is 8.27. The van der Waals surface area contributed by atoms with E-state index in [2.05, 4.69) is 27.7 Å². The van der Waals surface area contributed by atoms with E-state index in [1.165, 1.54) is 4.53 Å². The van der Waals surface area contributed by atoms with E-state index >= 15 is 0 Å². The van der Waals surface area contributed by atoms with Crippen molar-refractivity contribution in [2.24, 2.45) is 5.10 Å². The third-order valence-corrected chi connectivity index (χ3v) is 4.95. The second-order valence-corrected chi connectivity index (χ2v) is 6.48. The minimum absolute atomic E-state index is 0.0328. The number of nitrogens with zero attached hydrogens (tertiary/aromatic N) is 2. The molecule has 23 heavy (non-hydrogen) atoms. The molecule has 0 radical (unpaired) electrons. The number of carbonyl (C=O) groups excluding carboxylic acids is 1. The predicted octanol–water partition coefficient (Wildman–Crippen LogP) is 1.71. The number of hydrogen-bond acceptors (Lipinski definition) is 6. The number of ether oxygens (including phenoxy) is 1. The number of carbonyl (C=O) groups is 1. The van der Waals surface area contributed by atoms with Crippen LogP contribution in [0.2, 0.25) is 0 Å². The zero-order chi connectivity index (χ0) is 15.8. The Balaban J connectivity index is 1.59. The van der Waals surface area contributed by atoms with E-state index in [1.54, 1.807) is 30.6 Å². The third-order valence-electron chi connectivity index (χ3n) is 3.98. The molecule has 1 N–H and O–H groups in total. The number of aromatic nitrogens is 1. The molecule has 4 rings (SSSR count). The molecule has 6 heteroatoms. The average molecular weight is 325 g/mol. The van der Waals surface area contributed by atoms with Crippen molar-refractivity contribution in [1.29, 1.82) is 0 Å². The lowest BCUT2D eigenvalue weighted by molar-refractivity contribution is 0.106. The van der Waals surface area contributed by atoms with Crippen molar-refractivity contribution in [2.45, 2.75) is 19.3 Å². The Labute approximate surface area is 137 Å². The van der Waals surface area contributed by atoms with Crippen LogP contribution in [0, 0.1) is 0 Å². The molecule has 0 bridgehead atoms. The van der Waals surface area contributed by atoms with Gasteiger partial charge in [0.15, 0.2) is 0 Å². The van der Waals surface area contributed by atoms with Gasteiger partial charge < -0.3 is 4.74 Å². The monoisotopic (exact) mass is 325 g/mol. The van der Waals surface area contributed by atoms with Crippen molar-refractivity contribution in [3.05, 3.63) is 39.2 Å². The first kappa shape index (κ1) is 14.1. The van der Waals surface area contributed by atoms with Gasteiger partial charge >= 0.3 is 0 Å². The van der Waals surface area contributed by atoms with Crippen LogP contribution in [-0.4, -0.2) is 23.6 Å². The summed E-state index contributed by atoms with van der Waals surface area (Å²) in [5.74, 6) is 0.721. The SMILES string of the molecule is COc1ccc2c(c1)C/C(=N/Nc1nc3c(s1)=CCCC=3)C2=O. The minimum atomic E-state index is -0.0328. The second kappa shape index (κ2) is 5.62. The van der Waals surface area contributed by atoms with Crippen molar-refractivity contribution >= 4 is 40.1 Å². The van der Waals surface area contributed by atoms with Crippen LogP contribution in [0.4, 0.5) is 5.13 Å². The molecule has 1 heterocycles. The minimum Gasteiger partial charge on any atom is -0.497 e. The number of Topliss-reactive ketones (excluding diaryl/α,β-unsaturated/α-hetero) is 1. The number of ketones is 1. The zero-order valence-corrected chi connectivity index (χ0v) is 13.4. The van der Waals surface area contributed by atoms with E-state index in [1.807, 2.05) is 6.07 Å². The number of nitrogens with one attached hydrogen (secondary N) is 1. The summed E-state index contributed by atoms with van der Waals surface area (Å²) in [6.45, 7) is 0. The number of fused-ring (bicyclic) bond motifs is 2. The highest BCUT2D eigenvalue weighted by Gasteiger charge is 2.27. The first-order valence-electron chi connectivity index (χ1n) is 7.46. The maximum Gasteiger partial charge on any atom is 0.209 e. The molecule has 0 saturated carbocycles. The van der Waals surface area contributed by atoms with Gasteiger partial charge in [0.25, 0.3) is 0 Å². The van der Waals surface area contributed by atoms with E-state index in [0.717, 1.165) is 34.6 Å². The lowest BCUT2D eigenvalue weighted by Gasteiger charge is -2.00. The van der Waals surface area contributed by atoms with Gasteiger partial charge in [0, 0.05) is 12.0 Å². The van der Waals surface area contributed by atoms with Crippen molar-refractivity contribution in [2.75, 3.05) is 12.5 Å². The summed E-state index contributed by atoms with van der Waals surface area (Å²) in [5, 5.41) is 6.01. The molecule has 0 saturated heterocycles. The Hall–Kier alpha value is -2.47. The molecule has 0 fully saturated rings. The smallest absolute Gasteiger partial charge is 0.209 e. The topological polar surface area (TPSA) is 63.6 Å². The van der Waals surface area contributed by atoms with Gasteiger partial charge in [-0.15, -0.1) is 0 Å². The Morgan fingerprint density at radius 2 is 2.17 bits per heavy atom. The standard InChI is InChI=1S/C17H15N3O2S/c1-22-11-6-7-12-10(8-11)9-14(16(12)21)19-20-17-18-13-4-2-3-5-15(13)23-17/h4-8H,2-3,9H2,1H3,(H,18,20)/b19-14-. The molecule has 116 valence electrons. The first-order chi connectivity index (χ1) is 11.2. The second-order valence-electron chi connectivity index (χ2n) is 5.45. The number of methoxy groups -OCH3 is 1. The molecule has 1 aromatic carbocycles. The predicted molar refractivity (Wildman–Crippen MR) is 91.6 cm³/mol. The van der Waals surface area contributed by atoms with Gasteiger partial charge in [-0.25, -0.2) is 4.98 Å². The van der Waals surface area contributed by atoms with E-state index < -0.39 is 0 Å². The molecular formula is C17H15N3O2S. The summed E-state index contributed by atoms with van der Waals surface area (Å²) in [6.07, 6.45) is 6.92. The van der Waals surface area contributed by atoms with Crippen molar-refractivity contribution in [3.8, 4) is 5.75 Å². The van der Waals surface area contributed by atoms with E-state index in [-0.39, 0.29) is 5.78 Å². The molecule has 0 spiro atoms. The zero-order valence-electron chi connectivity index (χ0n) is 12.6. The van der Waals surface area contributed by atoms with Gasteiger partial charge in [0.05, 0.1) is 17.0 Å². The van der Waals surface area contributed by atoms with Gasteiger partial charge in [-0.05, 0) is 36.6 Å². The fraction of sp³-hybridized carbons (Fsp3) is 0.235. The fourth-order valence-corrected chi connectivity index (χ4v) is 3.68.